The first-order valence-electron chi connectivity index (χ1n) is 8.01. The molecule has 2 heterocycles. The van der Waals surface area contributed by atoms with Gasteiger partial charge in [-0.2, -0.15) is 5.10 Å². The molecule has 0 atom stereocenters. The lowest BCUT2D eigenvalue weighted by Gasteiger charge is -2.07. The van der Waals surface area contributed by atoms with E-state index in [9.17, 15) is 4.79 Å². The van der Waals surface area contributed by atoms with E-state index in [1.165, 1.54) is 5.56 Å². The number of hydrogen-bond acceptors (Lipinski definition) is 3. The molecule has 23 heavy (non-hydrogen) atoms. The molecule has 2 aromatic heterocycles. The van der Waals surface area contributed by atoms with Gasteiger partial charge in [0.25, 0.3) is 5.56 Å². The van der Waals surface area contributed by atoms with Gasteiger partial charge in [0.15, 0.2) is 5.52 Å². The van der Waals surface area contributed by atoms with E-state index in [0.29, 0.717) is 29.2 Å². The summed E-state index contributed by atoms with van der Waals surface area (Å²) in [5, 5.41) is 7.02. The number of nitrogens with zero attached hydrogens (tertiary/aromatic N) is 2. The largest absolute Gasteiger partial charge is 0.308 e. The van der Waals surface area contributed by atoms with Crippen LogP contribution < -0.4 is 5.56 Å². The monoisotopic (exact) mass is 310 g/mol. The number of fused-ring (bicyclic) bond motifs is 1. The van der Waals surface area contributed by atoms with Gasteiger partial charge >= 0.3 is 0 Å². The third-order valence-corrected chi connectivity index (χ3v) is 4.08. The number of benzene rings is 1. The molecule has 120 valence electrons. The van der Waals surface area contributed by atoms with Crippen molar-refractivity contribution in [2.45, 2.75) is 46.0 Å². The van der Waals surface area contributed by atoms with Gasteiger partial charge in [0.05, 0.1) is 5.69 Å². The highest BCUT2D eigenvalue weighted by atomic mass is 16.1. The van der Waals surface area contributed by atoms with Crippen LogP contribution in [-0.4, -0.2) is 20.2 Å². The fourth-order valence-electron chi connectivity index (χ4n) is 2.67. The van der Waals surface area contributed by atoms with Gasteiger partial charge in [-0.3, -0.25) is 9.89 Å². The second-order valence-electron chi connectivity index (χ2n) is 6.57. The molecular weight excluding hydrogens is 288 g/mol. The van der Waals surface area contributed by atoms with Gasteiger partial charge in [0.1, 0.15) is 11.3 Å². The van der Waals surface area contributed by atoms with Crippen LogP contribution >= 0.6 is 0 Å². The molecule has 0 aliphatic heterocycles. The van der Waals surface area contributed by atoms with E-state index in [2.05, 4.69) is 72.1 Å². The van der Waals surface area contributed by atoms with Gasteiger partial charge in [-0.15, -0.1) is 0 Å². The van der Waals surface area contributed by atoms with Crippen molar-refractivity contribution in [3.05, 3.63) is 57.3 Å². The van der Waals surface area contributed by atoms with Crippen molar-refractivity contribution in [1.29, 1.82) is 0 Å². The first-order chi connectivity index (χ1) is 11.0. The molecule has 3 rings (SSSR count). The Morgan fingerprint density at radius 1 is 1.00 bits per heavy atom. The molecule has 0 radical (unpaired) electrons. The summed E-state index contributed by atoms with van der Waals surface area (Å²) in [7, 11) is 0. The minimum atomic E-state index is -0.188. The van der Waals surface area contributed by atoms with Gasteiger partial charge < -0.3 is 4.98 Å². The first kappa shape index (κ1) is 15.5. The molecule has 0 saturated carbocycles. The van der Waals surface area contributed by atoms with Crippen LogP contribution in [0.3, 0.4) is 0 Å². The van der Waals surface area contributed by atoms with Crippen LogP contribution in [-0.2, 0) is 6.42 Å². The Hall–Kier alpha value is -2.43. The van der Waals surface area contributed by atoms with E-state index in [1.54, 1.807) is 0 Å². The van der Waals surface area contributed by atoms with Crippen LogP contribution in [0.5, 0.6) is 0 Å². The molecule has 0 spiro atoms. The summed E-state index contributed by atoms with van der Waals surface area (Å²) < 4.78 is 0. The zero-order valence-corrected chi connectivity index (χ0v) is 14.0. The van der Waals surface area contributed by atoms with E-state index in [1.807, 2.05) is 0 Å². The Morgan fingerprint density at radius 2 is 1.70 bits per heavy atom. The third-order valence-electron chi connectivity index (χ3n) is 4.08. The lowest BCUT2D eigenvalue weighted by atomic mass is 10.0. The zero-order valence-electron chi connectivity index (χ0n) is 14.0. The SMILES string of the molecule is CC(C)c1ccc(Cc2nc3c(C(C)C)[nH]nc3c(=O)[nH]2)cc1. The minimum absolute atomic E-state index is 0.188. The minimum Gasteiger partial charge on any atom is -0.308 e. The predicted octanol–water partition coefficient (Wildman–Crippen LogP) is 3.48. The first-order valence-corrected chi connectivity index (χ1v) is 8.01. The molecule has 3 aromatic rings. The summed E-state index contributed by atoms with van der Waals surface area (Å²) in [5.41, 5.74) is 4.22. The number of nitrogens with one attached hydrogen (secondary N) is 2. The average Bonchev–Trinajstić information content (AvgIpc) is 2.92. The van der Waals surface area contributed by atoms with Crippen molar-refractivity contribution in [2.75, 3.05) is 0 Å². The van der Waals surface area contributed by atoms with E-state index < -0.39 is 0 Å². The number of aromatic amines is 2. The van der Waals surface area contributed by atoms with E-state index in [4.69, 9.17) is 0 Å². The zero-order chi connectivity index (χ0) is 16.6. The number of rotatable bonds is 4. The summed E-state index contributed by atoms with van der Waals surface area (Å²) in [6, 6.07) is 8.46. The highest BCUT2D eigenvalue weighted by Gasteiger charge is 2.14. The second kappa shape index (κ2) is 5.99. The molecule has 5 heteroatoms. The Bertz CT molecular complexity index is 872. The standard InChI is InChI=1S/C18H22N4O/c1-10(2)13-7-5-12(6-8-13)9-14-19-16-15(11(3)4)21-22-17(16)18(23)20-14/h5-8,10-11H,9H2,1-4H3,(H,21,22)(H,19,20,23). The van der Waals surface area contributed by atoms with Gasteiger partial charge in [-0.05, 0) is 23.0 Å². The average molecular weight is 310 g/mol. The quantitative estimate of drug-likeness (QED) is 0.774. The van der Waals surface area contributed by atoms with Gasteiger partial charge in [0, 0.05) is 6.42 Å². The number of H-pyrrole nitrogens is 2. The lowest BCUT2D eigenvalue weighted by Crippen LogP contribution is -2.12. The fourth-order valence-corrected chi connectivity index (χ4v) is 2.67. The molecule has 0 fully saturated rings. The summed E-state index contributed by atoms with van der Waals surface area (Å²) >= 11 is 0. The molecule has 0 bridgehead atoms. The Morgan fingerprint density at radius 3 is 2.30 bits per heavy atom. The molecular formula is C18H22N4O. The predicted molar refractivity (Wildman–Crippen MR) is 91.9 cm³/mol. The topological polar surface area (TPSA) is 74.4 Å². The molecule has 5 nitrogen and oxygen atoms in total. The molecule has 0 aliphatic carbocycles. The highest BCUT2D eigenvalue weighted by molar-refractivity contribution is 5.76. The molecule has 1 aromatic carbocycles. The maximum absolute atomic E-state index is 12.2. The molecule has 0 amide bonds. The molecule has 0 aliphatic rings. The molecule has 2 N–H and O–H groups in total. The Balaban J connectivity index is 1.96. The maximum Gasteiger partial charge on any atom is 0.279 e. The molecule has 0 saturated heterocycles. The van der Waals surface area contributed by atoms with Crippen LogP contribution in [0.4, 0.5) is 0 Å². The number of aromatic nitrogens is 4. The summed E-state index contributed by atoms with van der Waals surface area (Å²) in [5.74, 6) is 1.42. The lowest BCUT2D eigenvalue weighted by molar-refractivity contribution is 0.814. The summed E-state index contributed by atoms with van der Waals surface area (Å²) in [6.07, 6.45) is 0.603. The van der Waals surface area contributed by atoms with Crippen LogP contribution in [0, 0.1) is 0 Å². The van der Waals surface area contributed by atoms with Crippen LogP contribution in [0.1, 0.15) is 62.2 Å². The summed E-state index contributed by atoms with van der Waals surface area (Å²) in [4.78, 5) is 19.7. The molecule has 0 unspecified atom stereocenters. The van der Waals surface area contributed by atoms with Crippen molar-refractivity contribution in [3.8, 4) is 0 Å². The van der Waals surface area contributed by atoms with Crippen molar-refractivity contribution in [2.24, 2.45) is 0 Å². The smallest absolute Gasteiger partial charge is 0.279 e. The van der Waals surface area contributed by atoms with E-state index in [0.717, 1.165) is 11.3 Å². The fraction of sp³-hybridized carbons (Fsp3) is 0.389. The normalized spacial score (nSPS) is 11.7. The highest BCUT2D eigenvalue weighted by Crippen LogP contribution is 2.20. The van der Waals surface area contributed by atoms with Crippen molar-refractivity contribution >= 4 is 11.0 Å². The Kier molecular flexibility index (Phi) is 4.03. The van der Waals surface area contributed by atoms with Gasteiger partial charge in [-0.25, -0.2) is 4.98 Å². The van der Waals surface area contributed by atoms with Crippen molar-refractivity contribution in [1.82, 2.24) is 20.2 Å². The Labute approximate surface area is 135 Å². The van der Waals surface area contributed by atoms with Crippen molar-refractivity contribution in [3.63, 3.8) is 0 Å². The van der Waals surface area contributed by atoms with Crippen LogP contribution in [0.2, 0.25) is 0 Å². The van der Waals surface area contributed by atoms with E-state index in [-0.39, 0.29) is 11.5 Å². The van der Waals surface area contributed by atoms with Gasteiger partial charge in [-0.1, -0.05) is 52.0 Å². The van der Waals surface area contributed by atoms with Crippen molar-refractivity contribution < 1.29 is 0 Å². The van der Waals surface area contributed by atoms with Gasteiger partial charge in [0.2, 0.25) is 0 Å². The van der Waals surface area contributed by atoms with Crippen LogP contribution in [0.15, 0.2) is 29.1 Å². The van der Waals surface area contributed by atoms with E-state index >= 15 is 0 Å². The third kappa shape index (κ3) is 3.04. The second-order valence-corrected chi connectivity index (χ2v) is 6.57. The maximum atomic E-state index is 12.2. The van der Waals surface area contributed by atoms with Crippen LogP contribution in [0.25, 0.3) is 11.0 Å². The number of hydrogen-bond donors (Lipinski definition) is 2. The summed E-state index contributed by atoms with van der Waals surface area (Å²) in [6.45, 7) is 8.46.